The summed E-state index contributed by atoms with van der Waals surface area (Å²) >= 11 is 8.58. The highest BCUT2D eigenvalue weighted by atomic mass is 79.9. The van der Waals surface area contributed by atoms with Gasteiger partial charge >= 0.3 is 0 Å². The van der Waals surface area contributed by atoms with Crippen LogP contribution in [0.5, 0.6) is 0 Å². The fourth-order valence-electron chi connectivity index (χ4n) is 1.48. The van der Waals surface area contributed by atoms with Crippen molar-refractivity contribution in [3.8, 4) is 0 Å². The SMILES string of the molecule is N/C(=N/O)c1ccc(Sc2ccccc2Br)cc1Br. The highest BCUT2D eigenvalue weighted by molar-refractivity contribution is 9.10. The van der Waals surface area contributed by atoms with Crippen LogP contribution >= 0.6 is 43.6 Å². The lowest BCUT2D eigenvalue weighted by molar-refractivity contribution is 0.318. The average Bonchev–Trinajstić information content (AvgIpc) is 2.41. The second-order valence-electron chi connectivity index (χ2n) is 3.66. The predicted octanol–water partition coefficient (Wildman–Crippen LogP) is 4.46. The van der Waals surface area contributed by atoms with E-state index < -0.39 is 0 Å². The van der Waals surface area contributed by atoms with Crippen molar-refractivity contribution in [3.63, 3.8) is 0 Å². The molecule has 2 aromatic carbocycles. The maximum atomic E-state index is 8.68. The first-order valence-electron chi connectivity index (χ1n) is 5.31. The lowest BCUT2D eigenvalue weighted by atomic mass is 10.2. The molecule has 0 saturated heterocycles. The van der Waals surface area contributed by atoms with Crippen LogP contribution in [0.2, 0.25) is 0 Å². The molecule has 19 heavy (non-hydrogen) atoms. The highest BCUT2D eigenvalue weighted by Crippen LogP contribution is 2.35. The van der Waals surface area contributed by atoms with Gasteiger partial charge in [0.05, 0.1) is 0 Å². The van der Waals surface area contributed by atoms with Crippen molar-refractivity contribution < 1.29 is 5.21 Å². The van der Waals surface area contributed by atoms with Crippen molar-refractivity contribution >= 4 is 49.5 Å². The minimum absolute atomic E-state index is 0.0873. The third kappa shape index (κ3) is 3.52. The van der Waals surface area contributed by atoms with Crippen LogP contribution in [0.25, 0.3) is 0 Å². The van der Waals surface area contributed by atoms with E-state index in [9.17, 15) is 0 Å². The average molecular weight is 402 g/mol. The number of nitrogens with zero attached hydrogens (tertiary/aromatic N) is 1. The number of oxime groups is 1. The molecular weight excluding hydrogens is 392 g/mol. The van der Waals surface area contributed by atoms with Gasteiger partial charge in [-0.25, -0.2) is 0 Å². The number of amidine groups is 1. The summed E-state index contributed by atoms with van der Waals surface area (Å²) in [6, 6.07) is 13.7. The van der Waals surface area contributed by atoms with E-state index in [1.807, 2.05) is 42.5 Å². The van der Waals surface area contributed by atoms with Gasteiger partial charge < -0.3 is 10.9 Å². The Labute approximate surface area is 132 Å². The number of hydrogen-bond acceptors (Lipinski definition) is 3. The van der Waals surface area contributed by atoms with E-state index in [4.69, 9.17) is 10.9 Å². The van der Waals surface area contributed by atoms with Crippen molar-refractivity contribution in [2.45, 2.75) is 9.79 Å². The standard InChI is InChI=1S/C13H10Br2N2OS/c14-10-3-1-2-4-12(10)19-8-5-6-9(11(15)7-8)13(16)17-18/h1-7,18H,(H2,16,17). The van der Waals surface area contributed by atoms with Crippen LogP contribution in [0.3, 0.4) is 0 Å². The molecule has 6 heteroatoms. The van der Waals surface area contributed by atoms with Crippen molar-refractivity contribution in [1.29, 1.82) is 0 Å². The number of hydrogen-bond donors (Lipinski definition) is 2. The normalized spacial score (nSPS) is 11.6. The quantitative estimate of drug-likeness (QED) is 0.345. The van der Waals surface area contributed by atoms with Crippen LogP contribution in [0.4, 0.5) is 0 Å². The lowest BCUT2D eigenvalue weighted by Crippen LogP contribution is -2.13. The third-order valence-electron chi connectivity index (χ3n) is 2.39. The summed E-state index contributed by atoms with van der Waals surface area (Å²) in [4.78, 5) is 2.19. The molecule has 0 aliphatic carbocycles. The van der Waals surface area contributed by atoms with Gasteiger partial charge in [0.15, 0.2) is 5.84 Å². The molecule has 3 nitrogen and oxygen atoms in total. The van der Waals surface area contributed by atoms with Crippen LogP contribution in [0, 0.1) is 0 Å². The fraction of sp³-hybridized carbons (Fsp3) is 0. The maximum absolute atomic E-state index is 8.68. The molecule has 0 atom stereocenters. The second kappa shape index (κ2) is 6.45. The van der Waals surface area contributed by atoms with Gasteiger partial charge in [0.2, 0.25) is 0 Å². The molecule has 0 aliphatic heterocycles. The number of rotatable bonds is 3. The van der Waals surface area contributed by atoms with Gasteiger partial charge in [0, 0.05) is 24.3 Å². The summed E-state index contributed by atoms with van der Waals surface area (Å²) in [6.07, 6.45) is 0. The van der Waals surface area contributed by atoms with Crippen molar-refractivity contribution in [2.75, 3.05) is 0 Å². The predicted molar refractivity (Wildman–Crippen MR) is 84.9 cm³/mol. The van der Waals surface area contributed by atoms with Gasteiger partial charge in [0.25, 0.3) is 0 Å². The Morgan fingerprint density at radius 2 is 1.84 bits per heavy atom. The third-order valence-corrected chi connectivity index (χ3v) is 5.06. The molecule has 0 saturated carbocycles. The van der Waals surface area contributed by atoms with E-state index in [2.05, 4.69) is 37.0 Å². The maximum Gasteiger partial charge on any atom is 0.171 e. The Morgan fingerprint density at radius 3 is 2.47 bits per heavy atom. The zero-order chi connectivity index (χ0) is 13.8. The van der Waals surface area contributed by atoms with E-state index in [0.717, 1.165) is 18.7 Å². The zero-order valence-electron chi connectivity index (χ0n) is 9.68. The molecule has 2 rings (SSSR count). The first-order chi connectivity index (χ1) is 9.11. The molecule has 0 bridgehead atoms. The van der Waals surface area contributed by atoms with Gasteiger partial charge in [-0.2, -0.15) is 0 Å². The van der Waals surface area contributed by atoms with Gasteiger partial charge in [0.1, 0.15) is 0 Å². The lowest BCUT2D eigenvalue weighted by Gasteiger charge is -2.07. The molecule has 3 N–H and O–H groups in total. The summed E-state index contributed by atoms with van der Waals surface area (Å²) in [7, 11) is 0. The van der Waals surface area contributed by atoms with Crippen LogP contribution in [-0.2, 0) is 0 Å². The van der Waals surface area contributed by atoms with Crippen LogP contribution in [0.1, 0.15) is 5.56 Å². The summed E-state index contributed by atoms with van der Waals surface area (Å²) < 4.78 is 1.84. The van der Waals surface area contributed by atoms with Crippen LogP contribution in [0.15, 0.2) is 66.4 Å². The molecule has 0 aliphatic rings. The Balaban J connectivity index is 2.29. The summed E-state index contributed by atoms with van der Waals surface area (Å²) in [5, 5.41) is 11.7. The van der Waals surface area contributed by atoms with Crippen LogP contribution in [-0.4, -0.2) is 11.0 Å². The van der Waals surface area contributed by atoms with Crippen molar-refractivity contribution in [3.05, 3.63) is 57.0 Å². The van der Waals surface area contributed by atoms with E-state index in [-0.39, 0.29) is 5.84 Å². The summed E-state index contributed by atoms with van der Waals surface area (Å²) in [5.74, 6) is 0.0873. The van der Waals surface area contributed by atoms with E-state index in [0.29, 0.717) is 5.56 Å². The Kier molecular flexibility index (Phi) is 4.90. The Hall–Kier alpha value is -0.980. The summed E-state index contributed by atoms with van der Waals surface area (Å²) in [5.41, 5.74) is 6.24. The largest absolute Gasteiger partial charge is 0.409 e. The van der Waals surface area contributed by atoms with Gasteiger partial charge in [-0.05, 0) is 62.2 Å². The summed E-state index contributed by atoms with van der Waals surface area (Å²) in [6.45, 7) is 0. The zero-order valence-corrected chi connectivity index (χ0v) is 13.7. The number of benzene rings is 2. The Morgan fingerprint density at radius 1 is 1.11 bits per heavy atom. The van der Waals surface area contributed by atoms with E-state index in [1.54, 1.807) is 11.8 Å². The monoisotopic (exact) mass is 400 g/mol. The van der Waals surface area contributed by atoms with Gasteiger partial charge in [-0.3, -0.25) is 0 Å². The topological polar surface area (TPSA) is 58.6 Å². The molecule has 0 heterocycles. The molecule has 0 fully saturated rings. The molecule has 0 aromatic heterocycles. The molecular formula is C13H10Br2N2OS. The fourth-order valence-corrected chi connectivity index (χ4v) is 3.62. The van der Waals surface area contributed by atoms with E-state index >= 15 is 0 Å². The van der Waals surface area contributed by atoms with Gasteiger partial charge in [-0.15, -0.1) is 0 Å². The minimum Gasteiger partial charge on any atom is -0.409 e. The molecule has 0 spiro atoms. The molecule has 2 aromatic rings. The molecule has 98 valence electrons. The second-order valence-corrected chi connectivity index (χ2v) is 6.48. The van der Waals surface area contributed by atoms with E-state index in [1.165, 1.54) is 0 Å². The van der Waals surface area contributed by atoms with Crippen molar-refractivity contribution in [1.82, 2.24) is 0 Å². The number of halogens is 2. The Bertz CT molecular complexity index is 632. The smallest absolute Gasteiger partial charge is 0.171 e. The molecule has 0 unspecified atom stereocenters. The molecule has 0 amide bonds. The highest BCUT2D eigenvalue weighted by Gasteiger charge is 2.08. The minimum atomic E-state index is 0.0873. The van der Waals surface area contributed by atoms with Crippen molar-refractivity contribution in [2.24, 2.45) is 10.9 Å². The van der Waals surface area contributed by atoms with Gasteiger partial charge in [-0.1, -0.05) is 29.1 Å². The first kappa shape index (κ1) is 14.4. The first-order valence-corrected chi connectivity index (χ1v) is 7.72. The van der Waals surface area contributed by atoms with Crippen LogP contribution < -0.4 is 5.73 Å². The number of nitrogens with two attached hydrogens (primary N) is 1. The molecule has 0 radical (unpaired) electrons.